The lowest BCUT2D eigenvalue weighted by atomic mass is 9.68. The summed E-state index contributed by atoms with van der Waals surface area (Å²) in [7, 11) is 2.98. The fourth-order valence-corrected chi connectivity index (χ4v) is 4.99. The normalized spacial score (nSPS) is 19.7. The van der Waals surface area contributed by atoms with E-state index in [0.717, 1.165) is 12.1 Å². The summed E-state index contributed by atoms with van der Waals surface area (Å²) in [6, 6.07) is 11.9. The number of allylic oxidation sites excluding steroid dienone is 3. The lowest BCUT2D eigenvalue weighted by Gasteiger charge is -2.44. The van der Waals surface area contributed by atoms with E-state index in [9.17, 15) is 23.2 Å². The van der Waals surface area contributed by atoms with Gasteiger partial charge in [0.05, 0.1) is 37.3 Å². The smallest absolute Gasteiger partial charge is 0.416 e. The number of benzene rings is 2. The summed E-state index contributed by atoms with van der Waals surface area (Å²) >= 11 is 0. The fraction of sp³-hybridized carbons (Fsp3) is 0.333. The van der Waals surface area contributed by atoms with Crippen molar-refractivity contribution in [2.75, 3.05) is 19.1 Å². The largest absolute Gasteiger partial charge is 0.493 e. The van der Waals surface area contributed by atoms with Crippen LogP contribution >= 0.6 is 0 Å². The average molecular weight is 498 g/mol. The van der Waals surface area contributed by atoms with Crippen LogP contribution in [0, 0.1) is 16.7 Å². The Morgan fingerprint density at radius 3 is 2.39 bits per heavy atom. The minimum Gasteiger partial charge on any atom is -0.493 e. The van der Waals surface area contributed by atoms with Crippen molar-refractivity contribution >= 4 is 11.5 Å². The highest BCUT2D eigenvalue weighted by atomic mass is 19.4. The second-order valence-electron chi connectivity index (χ2n) is 9.64. The molecule has 2 aromatic carbocycles. The van der Waals surface area contributed by atoms with Crippen LogP contribution in [0.15, 0.2) is 65.1 Å². The molecule has 36 heavy (non-hydrogen) atoms. The molecule has 0 radical (unpaired) electrons. The molecule has 6 nitrogen and oxygen atoms in total. The minimum absolute atomic E-state index is 0.0131. The van der Waals surface area contributed by atoms with Crippen LogP contribution in [0.5, 0.6) is 11.5 Å². The van der Waals surface area contributed by atoms with Crippen molar-refractivity contribution in [1.29, 1.82) is 5.26 Å². The van der Waals surface area contributed by atoms with E-state index < -0.39 is 23.1 Å². The molecule has 9 heteroatoms. The van der Waals surface area contributed by atoms with Crippen molar-refractivity contribution in [2.24, 2.45) is 11.1 Å². The third-order valence-corrected chi connectivity index (χ3v) is 6.55. The van der Waals surface area contributed by atoms with Gasteiger partial charge in [0.15, 0.2) is 17.3 Å². The number of carbonyl (C=O) groups is 1. The Morgan fingerprint density at radius 1 is 1.08 bits per heavy atom. The quantitative estimate of drug-likeness (QED) is 0.586. The third kappa shape index (κ3) is 4.28. The zero-order valence-electron chi connectivity index (χ0n) is 20.4. The summed E-state index contributed by atoms with van der Waals surface area (Å²) in [5.41, 5.74) is 6.87. The van der Waals surface area contributed by atoms with Gasteiger partial charge in [-0.2, -0.15) is 18.4 Å². The molecule has 0 aromatic heterocycles. The molecule has 2 aromatic rings. The van der Waals surface area contributed by atoms with Crippen molar-refractivity contribution in [2.45, 2.75) is 38.8 Å². The SMILES string of the molecule is COc1ccc([C@@H]2C(C#N)=C(N)N(c3cccc(C(F)(F)F)c3)C3=C2C(=O)CC(C)(C)C3)cc1OC. The number of rotatable bonds is 4. The number of ketones is 1. The number of halogens is 3. The van der Waals surface area contributed by atoms with E-state index >= 15 is 0 Å². The molecule has 0 saturated carbocycles. The predicted octanol–water partition coefficient (Wildman–Crippen LogP) is 5.66. The first kappa shape index (κ1) is 25.2. The van der Waals surface area contributed by atoms with Crippen LogP contribution in [0.25, 0.3) is 0 Å². The zero-order valence-corrected chi connectivity index (χ0v) is 20.4. The lowest BCUT2D eigenvalue weighted by molar-refractivity contribution is -0.137. The summed E-state index contributed by atoms with van der Waals surface area (Å²) in [6.45, 7) is 3.84. The summed E-state index contributed by atoms with van der Waals surface area (Å²) in [6.07, 6.45) is -3.96. The predicted molar refractivity (Wildman–Crippen MR) is 128 cm³/mol. The van der Waals surface area contributed by atoms with Crippen molar-refractivity contribution in [3.63, 3.8) is 0 Å². The molecular weight excluding hydrogens is 471 g/mol. The zero-order chi connectivity index (χ0) is 26.4. The van der Waals surface area contributed by atoms with Gasteiger partial charge in [-0.3, -0.25) is 9.69 Å². The molecule has 0 bridgehead atoms. The molecule has 0 amide bonds. The molecule has 0 unspecified atom stereocenters. The first-order chi connectivity index (χ1) is 16.9. The maximum Gasteiger partial charge on any atom is 0.416 e. The number of nitrogens with zero attached hydrogens (tertiary/aromatic N) is 2. The second-order valence-corrected chi connectivity index (χ2v) is 9.64. The van der Waals surface area contributed by atoms with E-state index in [1.807, 2.05) is 13.8 Å². The summed E-state index contributed by atoms with van der Waals surface area (Å²) in [5, 5.41) is 10.2. The number of hydrogen-bond acceptors (Lipinski definition) is 6. The number of nitrogens with two attached hydrogens (primary N) is 1. The van der Waals surface area contributed by atoms with Crippen LogP contribution in [0.2, 0.25) is 0 Å². The molecule has 1 atom stereocenters. The van der Waals surface area contributed by atoms with E-state index in [1.54, 1.807) is 18.2 Å². The van der Waals surface area contributed by atoms with Crippen LogP contribution in [0.1, 0.15) is 43.7 Å². The van der Waals surface area contributed by atoms with Crippen molar-refractivity contribution in [3.8, 4) is 17.6 Å². The van der Waals surface area contributed by atoms with E-state index in [2.05, 4.69) is 6.07 Å². The second kappa shape index (κ2) is 8.94. The molecule has 0 spiro atoms. The first-order valence-corrected chi connectivity index (χ1v) is 11.3. The van der Waals surface area contributed by atoms with Gasteiger partial charge >= 0.3 is 6.18 Å². The standard InChI is InChI=1S/C27H26F3N3O3/c1-26(2)12-19-24(20(34)13-26)23(15-8-9-21(35-3)22(10-15)36-4)18(14-31)25(32)33(19)17-7-5-6-16(11-17)27(28,29)30/h5-11,23H,12-13,32H2,1-4H3/t23-/m1/s1. The Labute approximate surface area is 207 Å². The molecule has 2 N–H and O–H groups in total. The molecule has 1 aliphatic heterocycles. The fourth-order valence-electron chi connectivity index (χ4n) is 4.99. The Balaban J connectivity index is 1.99. The van der Waals surface area contributed by atoms with Gasteiger partial charge in [-0.15, -0.1) is 0 Å². The third-order valence-electron chi connectivity index (χ3n) is 6.55. The van der Waals surface area contributed by atoms with Crippen LogP contribution in [-0.4, -0.2) is 20.0 Å². The van der Waals surface area contributed by atoms with Crippen LogP contribution in [0.4, 0.5) is 18.9 Å². The van der Waals surface area contributed by atoms with Gasteiger partial charge in [-0.1, -0.05) is 26.0 Å². The first-order valence-electron chi connectivity index (χ1n) is 11.3. The highest BCUT2D eigenvalue weighted by Crippen LogP contribution is 2.51. The maximum atomic E-state index is 13.6. The maximum absolute atomic E-state index is 13.6. The molecule has 188 valence electrons. The van der Waals surface area contributed by atoms with Crippen molar-refractivity contribution in [3.05, 3.63) is 76.3 Å². The van der Waals surface area contributed by atoms with Gasteiger partial charge in [-0.05, 0) is 47.7 Å². The highest BCUT2D eigenvalue weighted by Gasteiger charge is 2.45. The number of methoxy groups -OCH3 is 2. The number of alkyl halides is 3. The number of Topliss-reactive ketones (excluding diaryl/α,β-unsaturated/α-hetero) is 1. The van der Waals surface area contributed by atoms with Crippen LogP contribution < -0.4 is 20.1 Å². The van der Waals surface area contributed by atoms with E-state index in [0.29, 0.717) is 34.8 Å². The summed E-state index contributed by atoms with van der Waals surface area (Å²) in [4.78, 5) is 15.0. The van der Waals surface area contributed by atoms with Crippen LogP contribution in [-0.2, 0) is 11.0 Å². The minimum atomic E-state index is -4.57. The van der Waals surface area contributed by atoms with E-state index in [4.69, 9.17) is 15.2 Å². The average Bonchev–Trinajstić information content (AvgIpc) is 2.81. The van der Waals surface area contributed by atoms with Gasteiger partial charge in [-0.25, -0.2) is 0 Å². The highest BCUT2D eigenvalue weighted by molar-refractivity contribution is 6.01. The molecule has 4 rings (SSSR count). The molecular formula is C27H26F3N3O3. The molecule has 1 aliphatic carbocycles. The topological polar surface area (TPSA) is 88.6 Å². The summed E-state index contributed by atoms with van der Waals surface area (Å²) < 4.78 is 51.3. The van der Waals surface area contributed by atoms with Gasteiger partial charge in [0.2, 0.25) is 0 Å². The Kier molecular flexibility index (Phi) is 6.25. The lowest BCUT2D eigenvalue weighted by Crippen LogP contribution is -2.42. The van der Waals surface area contributed by atoms with Gasteiger partial charge in [0, 0.05) is 23.4 Å². The van der Waals surface area contributed by atoms with E-state index in [-0.39, 0.29) is 29.3 Å². The van der Waals surface area contributed by atoms with Gasteiger partial charge in [0.25, 0.3) is 0 Å². The van der Waals surface area contributed by atoms with Crippen LogP contribution in [0.3, 0.4) is 0 Å². The summed E-state index contributed by atoms with van der Waals surface area (Å²) in [5.74, 6) is -0.102. The Bertz CT molecular complexity index is 1340. The molecule has 2 aliphatic rings. The molecule has 1 heterocycles. The van der Waals surface area contributed by atoms with E-state index in [1.165, 1.54) is 31.3 Å². The Hall–Kier alpha value is -3.93. The molecule has 0 saturated heterocycles. The van der Waals surface area contributed by atoms with Gasteiger partial charge < -0.3 is 15.2 Å². The number of ether oxygens (including phenoxy) is 2. The van der Waals surface area contributed by atoms with Crippen molar-refractivity contribution in [1.82, 2.24) is 0 Å². The van der Waals surface area contributed by atoms with Gasteiger partial charge in [0.1, 0.15) is 5.82 Å². The van der Waals surface area contributed by atoms with Crippen molar-refractivity contribution < 1.29 is 27.4 Å². The number of hydrogen-bond donors (Lipinski definition) is 1. The Morgan fingerprint density at radius 2 is 1.78 bits per heavy atom. The molecule has 0 fully saturated rings. The monoisotopic (exact) mass is 497 g/mol. The number of nitriles is 1. The number of carbonyl (C=O) groups excluding carboxylic acids is 1. The number of anilines is 1.